The number of sulfonamides is 1. The second kappa shape index (κ2) is 6.30. The predicted molar refractivity (Wildman–Crippen MR) is 81.3 cm³/mol. The van der Waals surface area contributed by atoms with E-state index in [0.29, 0.717) is 12.2 Å². The number of nitrogens with two attached hydrogens (primary N) is 1. The van der Waals surface area contributed by atoms with E-state index in [0.717, 1.165) is 13.1 Å². The van der Waals surface area contributed by atoms with Crippen LogP contribution in [0.15, 0.2) is 23.1 Å². The van der Waals surface area contributed by atoms with Crippen molar-refractivity contribution in [2.24, 2.45) is 0 Å². The van der Waals surface area contributed by atoms with Gasteiger partial charge in [0.1, 0.15) is 4.90 Å². The summed E-state index contributed by atoms with van der Waals surface area (Å²) in [6, 6.07) is 4.25. The minimum Gasteiger partial charge on any atom is -0.399 e. The molecule has 1 aromatic rings. The molecule has 1 unspecified atom stereocenters. The average Bonchev–Trinajstić information content (AvgIpc) is 2.79. The van der Waals surface area contributed by atoms with E-state index in [4.69, 9.17) is 17.3 Å². The van der Waals surface area contributed by atoms with E-state index in [1.807, 2.05) is 6.92 Å². The fraction of sp³-hybridized carbons (Fsp3) is 0.538. The first-order chi connectivity index (χ1) is 9.38. The molecule has 20 heavy (non-hydrogen) atoms. The van der Waals surface area contributed by atoms with Crippen LogP contribution in [0, 0.1) is 0 Å². The van der Waals surface area contributed by atoms with Crippen LogP contribution >= 0.6 is 11.6 Å². The van der Waals surface area contributed by atoms with Gasteiger partial charge >= 0.3 is 0 Å². The molecular weight excluding hydrogens is 298 g/mol. The molecule has 5 nitrogen and oxygen atoms in total. The molecule has 1 heterocycles. The highest BCUT2D eigenvalue weighted by Crippen LogP contribution is 2.23. The van der Waals surface area contributed by atoms with Crippen molar-refractivity contribution in [3.8, 4) is 0 Å². The highest BCUT2D eigenvalue weighted by molar-refractivity contribution is 7.89. The fourth-order valence-electron chi connectivity index (χ4n) is 2.45. The van der Waals surface area contributed by atoms with Crippen LogP contribution in [0.3, 0.4) is 0 Å². The third-order valence-electron chi connectivity index (χ3n) is 3.33. The Balaban J connectivity index is 2.06. The molecule has 1 fully saturated rings. The van der Waals surface area contributed by atoms with Crippen molar-refractivity contribution in [2.45, 2.75) is 30.7 Å². The van der Waals surface area contributed by atoms with E-state index >= 15 is 0 Å². The summed E-state index contributed by atoms with van der Waals surface area (Å²) < 4.78 is 27.3. The maximum atomic E-state index is 12.3. The molecule has 1 atom stereocenters. The number of hydrogen-bond donors (Lipinski definition) is 2. The van der Waals surface area contributed by atoms with Gasteiger partial charge in [-0.15, -0.1) is 0 Å². The molecule has 112 valence electrons. The number of rotatable bonds is 5. The summed E-state index contributed by atoms with van der Waals surface area (Å²) in [6.07, 6.45) is 2.37. The first-order valence-electron chi connectivity index (χ1n) is 6.68. The lowest BCUT2D eigenvalue weighted by molar-refractivity contribution is 0.313. The first-order valence-corrected chi connectivity index (χ1v) is 8.54. The number of nitrogens with zero attached hydrogens (tertiary/aromatic N) is 1. The largest absolute Gasteiger partial charge is 0.399 e. The van der Waals surface area contributed by atoms with Crippen molar-refractivity contribution in [1.82, 2.24) is 9.62 Å². The van der Waals surface area contributed by atoms with E-state index in [1.165, 1.54) is 31.0 Å². The number of likely N-dealkylation sites (tertiary alicyclic amines) is 1. The Morgan fingerprint density at radius 3 is 2.65 bits per heavy atom. The van der Waals surface area contributed by atoms with Crippen LogP contribution in [0.1, 0.15) is 19.8 Å². The normalized spacial score (nSPS) is 18.3. The molecule has 1 saturated heterocycles. The zero-order valence-electron chi connectivity index (χ0n) is 11.5. The van der Waals surface area contributed by atoms with Gasteiger partial charge < -0.3 is 10.6 Å². The maximum Gasteiger partial charge on any atom is 0.242 e. The summed E-state index contributed by atoms with van der Waals surface area (Å²) in [7, 11) is -3.61. The summed E-state index contributed by atoms with van der Waals surface area (Å²) in [4.78, 5) is 2.33. The van der Waals surface area contributed by atoms with Crippen LogP contribution in [0.2, 0.25) is 5.02 Å². The maximum absolute atomic E-state index is 12.3. The van der Waals surface area contributed by atoms with E-state index in [1.54, 1.807) is 0 Å². The lowest BCUT2D eigenvalue weighted by atomic mass is 10.3. The Hall–Kier alpha value is -0.820. The molecule has 0 aromatic heterocycles. The SMILES string of the molecule is CC(CN1CCCC1)NS(=O)(=O)c1ccc(N)cc1Cl. The van der Waals surface area contributed by atoms with Gasteiger partial charge in [0.15, 0.2) is 0 Å². The lowest BCUT2D eigenvalue weighted by Crippen LogP contribution is -2.41. The monoisotopic (exact) mass is 317 g/mol. The van der Waals surface area contributed by atoms with Crippen molar-refractivity contribution >= 4 is 27.3 Å². The van der Waals surface area contributed by atoms with Crippen LogP contribution in [0.5, 0.6) is 0 Å². The third kappa shape index (κ3) is 3.85. The van der Waals surface area contributed by atoms with Crippen molar-refractivity contribution < 1.29 is 8.42 Å². The zero-order valence-corrected chi connectivity index (χ0v) is 13.0. The van der Waals surface area contributed by atoms with Crippen LogP contribution in [0.4, 0.5) is 5.69 Å². The van der Waals surface area contributed by atoms with Gasteiger partial charge in [0.05, 0.1) is 5.02 Å². The van der Waals surface area contributed by atoms with Crippen molar-refractivity contribution in [2.75, 3.05) is 25.4 Å². The molecule has 3 N–H and O–H groups in total. The molecule has 0 spiro atoms. The number of anilines is 1. The van der Waals surface area contributed by atoms with Gasteiger partial charge in [-0.1, -0.05) is 11.6 Å². The third-order valence-corrected chi connectivity index (χ3v) is 5.40. The lowest BCUT2D eigenvalue weighted by Gasteiger charge is -2.21. The minimum atomic E-state index is -3.61. The molecule has 1 aromatic carbocycles. The van der Waals surface area contributed by atoms with Crippen LogP contribution in [0.25, 0.3) is 0 Å². The van der Waals surface area contributed by atoms with Crippen LogP contribution in [-0.2, 0) is 10.0 Å². The van der Waals surface area contributed by atoms with Crippen LogP contribution in [-0.4, -0.2) is 39.0 Å². The van der Waals surface area contributed by atoms with E-state index < -0.39 is 10.0 Å². The summed E-state index contributed by atoms with van der Waals surface area (Å²) >= 11 is 5.96. The molecule has 0 saturated carbocycles. The van der Waals surface area contributed by atoms with Gasteiger partial charge in [0, 0.05) is 18.3 Å². The predicted octanol–water partition coefficient (Wildman–Crippen LogP) is 1.68. The summed E-state index contributed by atoms with van der Waals surface area (Å²) in [5.41, 5.74) is 6.02. The van der Waals surface area contributed by atoms with Gasteiger partial charge in [0.25, 0.3) is 0 Å². The number of benzene rings is 1. The molecule has 0 aliphatic carbocycles. The number of halogens is 1. The topological polar surface area (TPSA) is 75.4 Å². The molecular formula is C13H20ClN3O2S. The number of hydrogen-bond acceptors (Lipinski definition) is 4. The Bertz CT molecular complexity index is 571. The van der Waals surface area contributed by atoms with Gasteiger partial charge in [0.2, 0.25) is 10.0 Å². The van der Waals surface area contributed by atoms with Gasteiger partial charge in [-0.2, -0.15) is 0 Å². The van der Waals surface area contributed by atoms with Gasteiger partial charge in [-0.3, -0.25) is 0 Å². The molecule has 1 aliphatic rings. The Labute approximate surface area is 125 Å². The minimum absolute atomic E-state index is 0.0710. The summed E-state index contributed by atoms with van der Waals surface area (Å²) in [5.74, 6) is 0. The number of nitrogen functional groups attached to an aromatic ring is 1. The van der Waals surface area contributed by atoms with Crippen LogP contribution < -0.4 is 10.5 Å². The molecule has 0 bridgehead atoms. The van der Waals surface area contributed by atoms with Gasteiger partial charge in [-0.05, 0) is 51.1 Å². The molecule has 2 rings (SSSR count). The standard InChI is InChI=1S/C13H20ClN3O2S/c1-10(9-17-6-2-3-7-17)16-20(18,19)13-5-4-11(15)8-12(13)14/h4-5,8,10,16H,2-3,6-7,9,15H2,1H3. The Morgan fingerprint density at radius 1 is 1.40 bits per heavy atom. The molecule has 7 heteroatoms. The Kier molecular flexibility index (Phi) is 4.90. The quantitative estimate of drug-likeness (QED) is 0.810. The zero-order chi connectivity index (χ0) is 14.8. The fourth-order valence-corrected chi connectivity index (χ4v) is 4.24. The second-order valence-corrected chi connectivity index (χ2v) is 7.31. The first kappa shape index (κ1) is 15.6. The molecule has 0 amide bonds. The Morgan fingerprint density at radius 2 is 2.05 bits per heavy atom. The highest BCUT2D eigenvalue weighted by atomic mass is 35.5. The molecule has 1 aliphatic heterocycles. The van der Waals surface area contributed by atoms with E-state index in [-0.39, 0.29) is 16.0 Å². The van der Waals surface area contributed by atoms with Crippen molar-refractivity contribution in [1.29, 1.82) is 0 Å². The van der Waals surface area contributed by atoms with E-state index in [2.05, 4.69) is 9.62 Å². The highest BCUT2D eigenvalue weighted by Gasteiger charge is 2.22. The summed E-state index contributed by atoms with van der Waals surface area (Å²) in [6.45, 7) is 4.65. The van der Waals surface area contributed by atoms with Gasteiger partial charge in [-0.25, -0.2) is 13.1 Å². The molecule has 0 radical (unpaired) electrons. The number of nitrogens with one attached hydrogen (secondary N) is 1. The second-order valence-electron chi connectivity index (χ2n) is 5.22. The van der Waals surface area contributed by atoms with E-state index in [9.17, 15) is 8.42 Å². The van der Waals surface area contributed by atoms with Crippen molar-refractivity contribution in [3.63, 3.8) is 0 Å². The smallest absolute Gasteiger partial charge is 0.242 e. The van der Waals surface area contributed by atoms with Crippen molar-refractivity contribution in [3.05, 3.63) is 23.2 Å². The summed E-state index contributed by atoms with van der Waals surface area (Å²) in [5, 5.41) is 0.144. The average molecular weight is 318 g/mol.